The molecule has 1 atom stereocenters. The number of hydrogen-bond acceptors (Lipinski definition) is 7. The Morgan fingerprint density at radius 3 is 2.86 bits per heavy atom. The second kappa shape index (κ2) is 8.19. The number of alkyl halides is 1. The Morgan fingerprint density at radius 2 is 2.17 bits per heavy atom. The molecule has 0 saturated carbocycles. The van der Waals surface area contributed by atoms with Crippen molar-refractivity contribution < 1.29 is 13.6 Å². The number of piperidine rings is 1. The van der Waals surface area contributed by atoms with Crippen LogP contribution in [0.3, 0.4) is 0 Å². The fourth-order valence-electron chi connectivity index (χ4n) is 3.57. The van der Waals surface area contributed by atoms with Gasteiger partial charge in [-0.1, -0.05) is 0 Å². The first kappa shape index (κ1) is 20.0. The summed E-state index contributed by atoms with van der Waals surface area (Å²) in [7, 11) is 0. The molecule has 0 aliphatic carbocycles. The number of pyridine rings is 1. The average Bonchev–Trinajstić information content (AvgIpc) is 3.15. The van der Waals surface area contributed by atoms with E-state index in [1.165, 1.54) is 10.3 Å². The number of allylic oxidation sites excluding steroid dienone is 1. The average molecular weight is 436 g/mol. The lowest BCUT2D eigenvalue weighted by atomic mass is 10.1. The number of thiol groups is 1. The van der Waals surface area contributed by atoms with Crippen LogP contribution >= 0.6 is 24.0 Å². The summed E-state index contributed by atoms with van der Waals surface area (Å²) in [5, 5.41) is 9.21. The van der Waals surface area contributed by atoms with Crippen LogP contribution in [-0.2, 0) is 6.42 Å². The maximum Gasteiger partial charge on any atom is 0.270 e. The Hall–Kier alpha value is -2.33. The first-order valence-electron chi connectivity index (χ1n) is 9.24. The van der Waals surface area contributed by atoms with E-state index >= 15 is 0 Å². The van der Waals surface area contributed by atoms with Gasteiger partial charge in [0.25, 0.3) is 5.91 Å². The van der Waals surface area contributed by atoms with Crippen LogP contribution in [0.4, 0.5) is 14.6 Å². The molecule has 0 spiro atoms. The highest BCUT2D eigenvalue weighted by Crippen LogP contribution is 2.34. The quantitative estimate of drug-likeness (QED) is 0.436. The molecule has 2 aromatic heterocycles. The molecule has 1 fully saturated rings. The van der Waals surface area contributed by atoms with Gasteiger partial charge in [-0.2, -0.15) is 4.39 Å². The number of fused-ring (bicyclic) bond motifs is 1. The van der Waals surface area contributed by atoms with Crippen LogP contribution in [0.25, 0.3) is 10.6 Å². The van der Waals surface area contributed by atoms with E-state index in [0.29, 0.717) is 59.4 Å². The van der Waals surface area contributed by atoms with E-state index in [-0.39, 0.29) is 18.0 Å². The highest BCUT2D eigenvalue weighted by molar-refractivity contribution is 7.83. The van der Waals surface area contributed by atoms with E-state index in [4.69, 9.17) is 5.41 Å². The third-order valence-electron chi connectivity index (χ3n) is 5.05. The number of nitrogens with one attached hydrogen (secondary N) is 1. The van der Waals surface area contributed by atoms with E-state index in [1.807, 2.05) is 0 Å². The van der Waals surface area contributed by atoms with Crippen LogP contribution in [0.1, 0.15) is 28.2 Å². The van der Waals surface area contributed by atoms with Gasteiger partial charge in [-0.25, -0.2) is 14.4 Å². The van der Waals surface area contributed by atoms with Crippen molar-refractivity contribution in [2.24, 2.45) is 0 Å². The predicted octanol–water partition coefficient (Wildman–Crippen LogP) is 3.70. The summed E-state index contributed by atoms with van der Waals surface area (Å²) in [6.45, 7) is 1.25. The molecule has 0 aromatic carbocycles. The Bertz CT molecular complexity index is 993. The van der Waals surface area contributed by atoms with Crippen molar-refractivity contribution >= 4 is 41.9 Å². The number of anilines is 1. The zero-order valence-corrected chi connectivity index (χ0v) is 17.1. The standard InChI is InChI=1S/C19H19F2N5OS2/c20-11-2-1-6-25(9-11)15-4-3-13(17(21)24-15)18-23-14-5-7-26(12(8-22)10-28)19(27)16(14)29-18/h3-4,8,10-11,22,28H,1-2,5-7,9H2/b12-10+,22-8?/t11-/m0/s1. The number of amides is 1. The molecule has 6 nitrogen and oxygen atoms in total. The van der Waals surface area contributed by atoms with Crippen LogP contribution in [-0.4, -0.2) is 52.8 Å². The smallest absolute Gasteiger partial charge is 0.270 e. The summed E-state index contributed by atoms with van der Waals surface area (Å²) in [4.78, 5) is 24.9. The molecule has 0 bridgehead atoms. The minimum atomic E-state index is -0.926. The zero-order valence-electron chi connectivity index (χ0n) is 15.4. The van der Waals surface area contributed by atoms with Crippen LogP contribution in [0, 0.1) is 11.4 Å². The lowest BCUT2D eigenvalue weighted by Crippen LogP contribution is -2.37. The number of carbonyl (C=O) groups excluding carboxylic acids is 1. The predicted molar refractivity (Wildman–Crippen MR) is 112 cm³/mol. The third-order valence-corrected chi connectivity index (χ3v) is 6.44. The lowest BCUT2D eigenvalue weighted by Gasteiger charge is -2.29. The molecule has 0 radical (unpaired) electrons. The lowest BCUT2D eigenvalue weighted by molar-refractivity contribution is 0.0805. The van der Waals surface area contributed by atoms with Crippen molar-refractivity contribution in [1.82, 2.24) is 14.9 Å². The topological polar surface area (TPSA) is 73.2 Å². The second-order valence-electron chi connectivity index (χ2n) is 6.89. The molecule has 1 saturated heterocycles. The number of rotatable bonds is 4. The number of halogens is 2. The summed E-state index contributed by atoms with van der Waals surface area (Å²) in [5.41, 5.74) is 1.23. The van der Waals surface area contributed by atoms with E-state index in [2.05, 4.69) is 22.6 Å². The number of aromatic nitrogens is 2. The molecule has 29 heavy (non-hydrogen) atoms. The molecule has 2 aliphatic rings. The fourth-order valence-corrected chi connectivity index (χ4v) is 4.86. The summed E-state index contributed by atoms with van der Waals surface area (Å²) >= 11 is 5.16. The number of hydrogen-bond donors (Lipinski definition) is 2. The monoisotopic (exact) mass is 435 g/mol. The maximum absolute atomic E-state index is 14.8. The second-order valence-corrected chi connectivity index (χ2v) is 8.15. The van der Waals surface area contributed by atoms with Crippen molar-refractivity contribution in [2.75, 3.05) is 24.5 Å². The van der Waals surface area contributed by atoms with Gasteiger partial charge in [0.15, 0.2) is 0 Å². The van der Waals surface area contributed by atoms with Gasteiger partial charge in [0.05, 0.1) is 23.5 Å². The molecular weight excluding hydrogens is 416 g/mol. The van der Waals surface area contributed by atoms with Crippen molar-refractivity contribution in [2.45, 2.75) is 25.4 Å². The van der Waals surface area contributed by atoms with Gasteiger partial charge in [-0.15, -0.1) is 24.0 Å². The van der Waals surface area contributed by atoms with Gasteiger partial charge >= 0.3 is 0 Å². The van der Waals surface area contributed by atoms with Crippen LogP contribution in [0.15, 0.2) is 23.2 Å². The van der Waals surface area contributed by atoms with Crippen LogP contribution < -0.4 is 4.90 Å². The van der Waals surface area contributed by atoms with Gasteiger partial charge in [-0.05, 0) is 30.4 Å². The number of thiazole rings is 1. The van der Waals surface area contributed by atoms with Crippen molar-refractivity contribution in [1.29, 1.82) is 5.41 Å². The molecular formula is C19H19F2N5OS2. The van der Waals surface area contributed by atoms with E-state index in [9.17, 15) is 13.6 Å². The van der Waals surface area contributed by atoms with Gasteiger partial charge in [0.2, 0.25) is 5.95 Å². The Morgan fingerprint density at radius 1 is 1.34 bits per heavy atom. The molecule has 1 amide bonds. The Kier molecular flexibility index (Phi) is 5.64. The minimum Gasteiger partial charge on any atom is -0.354 e. The van der Waals surface area contributed by atoms with Crippen molar-refractivity contribution in [3.63, 3.8) is 0 Å². The largest absolute Gasteiger partial charge is 0.354 e. The summed E-state index contributed by atoms with van der Waals surface area (Å²) < 4.78 is 28.4. The minimum absolute atomic E-state index is 0.218. The fraction of sp³-hybridized carbons (Fsp3) is 0.368. The normalized spacial score (nSPS) is 20.0. The van der Waals surface area contributed by atoms with Gasteiger partial charge < -0.3 is 15.2 Å². The van der Waals surface area contributed by atoms with E-state index in [1.54, 1.807) is 17.0 Å². The highest BCUT2D eigenvalue weighted by atomic mass is 32.1. The van der Waals surface area contributed by atoms with Gasteiger partial charge in [-0.3, -0.25) is 4.79 Å². The Balaban J connectivity index is 1.61. The first-order chi connectivity index (χ1) is 14.0. The molecule has 4 rings (SSSR count). The molecule has 152 valence electrons. The Labute approximate surface area is 176 Å². The number of carbonyl (C=O) groups is 1. The molecule has 0 unspecified atom stereocenters. The molecule has 4 heterocycles. The van der Waals surface area contributed by atoms with Crippen LogP contribution in [0.5, 0.6) is 0 Å². The zero-order chi connectivity index (χ0) is 20.5. The summed E-state index contributed by atoms with van der Waals surface area (Å²) in [6.07, 6.45) is 1.89. The summed E-state index contributed by atoms with van der Waals surface area (Å²) in [6, 6.07) is 3.25. The highest BCUT2D eigenvalue weighted by Gasteiger charge is 2.31. The SMILES string of the molecule is N=C/C(=C\S)N1CCc2nc(-c3ccc(N4CCC[C@H](F)C4)nc3F)sc2C1=O. The molecule has 10 heteroatoms. The molecule has 2 aromatic rings. The molecule has 2 aliphatic heterocycles. The number of nitrogens with zero attached hydrogens (tertiary/aromatic N) is 4. The van der Waals surface area contributed by atoms with E-state index in [0.717, 1.165) is 17.6 Å². The molecule has 1 N–H and O–H groups in total. The van der Waals surface area contributed by atoms with Crippen LogP contribution in [0.2, 0.25) is 0 Å². The van der Waals surface area contributed by atoms with Crippen molar-refractivity contribution in [3.05, 3.63) is 39.8 Å². The third kappa shape index (κ3) is 3.78. The van der Waals surface area contributed by atoms with Gasteiger partial charge in [0, 0.05) is 25.7 Å². The summed E-state index contributed by atoms with van der Waals surface area (Å²) in [5.74, 6) is -0.549. The van der Waals surface area contributed by atoms with Crippen molar-refractivity contribution in [3.8, 4) is 10.6 Å². The maximum atomic E-state index is 14.8. The first-order valence-corrected chi connectivity index (χ1v) is 10.6. The van der Waals surface area contributed by atoms with Gasteiger partial charge in [0.1, 0.15) is 21.9 Å². The van der Waals surface area contributed by atoms with E-state index < -0.39 is 12.1 Å².